The topological polar surface area (TPSA) is 481 Å². The SMILES string of the molecule is CCCCCCCCCCCOc1cccc(C(=O)NC2[C@H](O[C@H]3C(O)C(NC(C)=O)[C@H](OC4C(CO)O[C@@H](O[C@H]5C(O)C(NC(C)=O)[C@H](OC6C(CO)O[C@@H](O)[C@@H](NC(C)=O)[C@H]6O)O[C@H]5CO)[C@@H](NC(C)=O)[C@H]4O)O[C@H]3CO)OC(CO)[C@@H](O)[C@@H]2O)c1. The minimum atomic E-state index is -2.03. The summed E-state index contributed by atoms with van der Waals surface area (Å²) in [6.45, 7) is 2.10. The lowest BCUT2D eigenvalue weighted by Gasteiger charge is -2.51. The van der Waals surface area contributed by atoms with E-state index in [9.17, 15) is 85.3 Å². The van der Waals surface area contributed by atoms with Gasteiger partial charge in [0, 0.05) is 33.3 Å². The van der Waals surface area contributed by atoms with Gasteiger partial charge in [-0.05, 0) is 24.6 Å². The Kier molecular flexibility index (Phi) is 28.7. The molecule has 0 bridgehead atoms. The molecule has 0 saturated carbocycles. The molecule has 5 fully saturated rings. The number of carbonyl (C=O) groups excluding carboxylic acids is 5. The molecule has 5 aliphatic rings. The molecule has 10 unspecified atom stereocenters. The summed E-state index contributed by atoms with van der Waals surface area (Å²) < 4.78 is 59.9. The second kappa shape index (κ2) is 34.8. The Balaban J connectivity index is 1.18. The zero-order valence-corrected chi connectivity index (χ0v) is 49.8. The standard InChI is InChI=1S/C56H91N5O27/c1-6-7-8-9-10-11-12-13-14-18-79-30-17-15-16-29(19-30)51(77)61-37-42(72)41(71)31(20-62)81-53(37)86-48-33(22-64)83-55(39(44(48)74)59-27(4)69)88-50-35(24-66)84-56(40(46(50)76)60-28(5)70)87-49-34(23-65)82-54(38(45(49)75)58-26(3)68)85-47-32(21-63)80-52(78)36(43(47)73)57-25(2)67/h15-17,19,31-50,52-56,62-66,71-76,78H,6-14,18,20-24H2,1-5H3,(H,57,67)(H,58,68)(H,59,69)(H,60,70)(H,61,77)/t31?,32?,33-,34-,35?,36-,37?,38?,39?,40-,41+,42+,43+,44?,45?,46+,47?,48+,49+,50?,52+,53-,54-,55-,56-/m0/s1. The second-order valence-electron chi connectivity index (χ2n) is 22.6. The molecule has 5 heterocycles. The van der Waals surface area contributed by atoms with Crippen molar-refractivity contribution in [3.63, 3.8) is 0 Å². The second-order valence-corrected chi connectivity index (χ2v) is 22.6. The van der Waals surface area contributed by atoms with Gasteiger partial charge in [-0.3, -0.25) is 24.0 Å². The Morgan fingerprint density at radius 3 is 1.15 bits per heavy atom. The summed E-state index contributed by atoms with van der Waals surface area (Å²) in [6.07, 6.45) is -25.8. The molecular weight excluding hydrogens is 1170 g/mol. The number of benzene rings is 1. The van der Waals surface area contributed by atoms with E-state index in [1.165, 1.54) is 44.2 Å². The molecule has 5 saturated heterocycles. The van der Waals surface area contributed by atoms with Crippen LogP contribution in [-0.2, 0) is 61.8 Å². The van der Waals surface area contributed by atoms with Gasteiger partial charge in [-0.25, -0.2) is 0 Å². The Labute approximate surface area is 508 Å². The van der Waals surface area contributed by atoms with Gasteiger partial charge in [0.25, 0.3) is 5.91 Å². The van der Waals surface area contributed by atoms with Gasteiger partial charge in [-0.2, -0.15) is 0 Å². The highest BCUT2D eigenvalue weighted by atomic mass is 16.8. The highest BCUT2D eigenvalue weighted by molar-refractivity contribution is 5.94. The molecule has 0 spiro atoms. The first-order valence-corrected chi connectivity index (χ1v) is 29.8. The average Bonchev–Trinajstić information content (AvgIpc) is 1.44. The van der Waals surface area contributed by atoms with E-state index >= 15 is 0 Å². The summed E-state index contributed by atoms with van der Waals surface area (Å²) in [4.78, 5) is 64.1. The number of hydrogen-bond acceptors (Lipinski definition) is 27. The molecule has 0 radical (unpaired) electrons. The van der Waals surface area contributed by atoms with Crippen LogP contribution in [0, 0.1) is 0 Å². The number of hydrogen-bond donors (Lipinski definition) is 17. The minimum absolute atomic E-state index is 0.0716. The molecule has 25 atom stereocenters. The molecule has 17 N–H and O–H groups in total. The van der Waals surface area contributed by atoms with E-state index in [0.29, 0.717) is 12.4 Å². The normalized spacial score (nSPS) is 37.7. The highest BCUT2D eigenvalue weighted by Crippen LogP contribution is 2.36. The molecule has 1 aromatic rings. The van der Waals surface area contributed by atoms with Crippen LogP contribution >= 0.6 is 0 Å². The third kappa shape index (κ3) is 18.8. The quantitative estimate of drug-likeness (QED) is 0.0319. The number of rotatable bonds is 30. The molecule has 32 heteroatoms. The van der Waals surface area contributed by atoms with Crippen LogP contribution in [0.1, 0.15) is 103 Å². The number of aliphatic hydroxyl groups excluding tert-OH is 12. The van der Waals surface area contributed by atoms with Crippen molar-refractivity contribution in [2.45, 2.75) is 246 Å². The minimum Gasteiger partial charge on any atom is -0.494 e. The van der Waals surface area contributed by atoms with Crippen LogP contribution in [0.25, 0.3) is 0 Å². The van der Waals surface area contributed by atoms with Crippen molar-refractivity contribution in [3.05, 3.63) is 29.8 Å². The van der Waals surface area contributed by atoms with E-state index in [1.807, 2.05) is 0 Å². The van der Waals surface area contributed by atoms with Gasteiger partial charge in [0.1, 0.15) is 128 Å². The number of amides is 5. The molecule has 88 heavy (non-hydrogen) atoms. The molecule has 502 valence electrons. The monoisotopic (exact) mass is 1270 g/mol. The van der Waals surface area contributed by atoms with Gasteiger partial charge in [0.05, 0.1) is 39.6 Å². The van der Waals surface area contributed by atoms with Crippen LogP contribution in [0.3, 0.4) is 0 Å². The summed E-state index contributed by atoms with van der Waals surface area (Å²) in [7, 11) is 0. The molecule has 1 aromatic carbocycles. The van der Waals surface area contributed by atoms with E-state index in [0.717, 1.165) is 53.4 Å². The molecule has 32 nitrogen and oxygen atoms in total. The summed E-state index contributed by atoms with van der Waals surface area (Å²) in [5, 5.41) is 145. The smallest absolute Gasteiger partial charge is 0.251 e. The van der Waals surface area contributed by atoms with Crippen LogP contribution in [0.5, 0.6) is 5.75 Å². The molecule has 5 aliphatic heterocycles. The summed E-state index contributed by atoms with van der Waals surface area (Å²) in [5.74, 6) is -3.50. The third-order valence-corrected chi connectivity index (χ3v) is 15.9. The largest absolute Gasteiger partial charge is 0.494 e. The van der Waals surface area contributed by atoms with Crippen molar-refractivity contribution in [1.29, 1.82) is 0 Å². The predicted molar refractivity (Wildman–Crippen MR) is 297 cm³/mol. The Morgan fingerprint density at radius 1 is 0.420 bits per heavy atom. The summed E-state index contributed by atoms with van der Waals surface area (Å²) >= 11 is 0. The number of aliphatic hydroxyl groups is 12. The number of nitrogens with one attached hydrogen (secondary N) is 5. The maximum atomic E-state index is 13.9. The lowest BCUT2D eigenvalue weighted by molar-refractivity contribution is -0.367. The van der Waals surface area contributed by atoms with Crippen LogP contribution in [0.15, 0.2) is 24.3 Å². The first-order valence-electron chi connectivity index (χ1n) is 29.8. The highest BCUT2D eigenvalue weighted by Gasteiger charge is 2.58. The Hall–Kier alpha value is -4.47. The Morgan fingerprint density at radius 2 is 0.761 bits per heavy atom. The van der Waals surface area contributed by atoms with E-state index in [1.54, 1.807) is 12.1 Å². The van der Waals surface area contributed by atoms with Crippen molar-refractivity contribution in [2.75, 3.05) is 39.6 Å². The zero-order valence-electron chi connectivity index (χ0n) is 49.8. The molecule has 0 aromatic heterocycles. The van der Waals surface area contributed by atoms with Crippen LogP contribution in [0.2, 0.25) is 0 Å². The maximum Gasteiger partial charge on any atom is 0.251 e. The van der Waals surface area contributed by atoms with Crippen LogP contribution in [0.4, 0.5) is 0 Å². The zero-order chi connectivity index (χ0) is 64.5. The van der Waals surface area contributed by atoms with Crippen molar-refractivity contribution in [3.8, 4) is 5.75 Å². The van der Waals surface area contributed by atoms with Gasteiger partial charge < -0.3 is 135 Å². The van der Waals surface area contributed by atoms with Crippen molar-refractivity contribution in [1.82, 2.24) is 26.6 Å². The number of carbonyl (C=O) groups is 5. The predicted octanol–water partition coefficient (Wildman–Crippen LogP) is -6.00. The van der Waals surface area contributed by atoms with E-state index in [4.69, 9.17) is 47.4 Å². The van der Waals surface area contributed by atoms with Crippen LogP contribution < -0.4 is 31.3 Å². The van der Waals surface area contributed by atoms with Crippen LogP contribution in [-0.4, -0.2) is 284 Å². The first kappa shape index (κ1) is 72.6. The fraction of sp³-hybridized carbons (Fsp3) is 0.804. The van der Waals surface area contributed by atoms with Gasteiger partial charge in [0.15, 0.2) is 31.5 Å². The van der Waals surface area contributed by atoms with Gasteiger partial charge in [-0.1, -0.05) is 64.4 Å². The fourth-order valence-corrected chi connectivity index (χ4v) is 11.4. The lowest BCUT2D eigenvalue weighted by Crippen LogP contribution is -2.72. The van der Waals surface area contributed by atoms with Crippen molar-refractivity contribution < 1.29 is 133 Å². The summed E-state index contributed by atoms with van der Waals surface area (Å²) in [5.41, 5.74) is 0.0716. The van der Waals surface area contributed by atoms with Crippen molar-refractivity contribution >= 4 is 29.5 Å². The van der Waals surface area contributed by atoms with Gasteiger partial charge >= 0.3 is 0 Å². The van der Waals surface area contributed by atoms with Gasteiger partial charge in [0.2, 0.25) is 23.6 Å². The number of unbranched alkanes of at least 4 members (excludes halogenated alkanes) is 8. The fourth-order valence-electron chi connectivity index (χ4n) is 11.4. The third-order valence-electron chi connectivity index (χ3n) is 15.9. The van der Waals surface area contributed by atoms with E-state index in [-0.39, 0.29) is 5.56 Å². The average molecular weight is 1270 g/mol. The van der Waals surface area contributed by atoms with Gasteiger partial charge in [-0.15, -0.1) is 0 Å². The Bertz CT molecular complexity index is 2350. The molecule has 6 rings (SSSR count). The molecular formula is C56H91N5O27. The number of ether oxygens (including phenoxy) is 10. The maximum absolute atomic E-state index is 13.9. The van der Waals surface area contributed by atoms with Crippen molar-refractivity contribution in [2.24, 2.45) is 0 Å². The van der Waals surface area contributed by atoms with E-state index in [2.05, 4.69) is 33.5 Å². The van der Waals surface area contributed by atoms with E-state index < -0.39 is 216 Å². The summed E-state index contributed by atoms with van der Waals surface area (Å²) in [6, 6.07) is -2.10. The molecule has 0 aliphatic carbocycles. The molecule has 5 amide bonds. The lowest BCUT2D eigenvalue weighted by atomic mass is 9.93. The first-order chi connectivity index (χ1) is 42.0.